The minimum atomic E-state index is -3.43. The SMILES string of the molecule is CC(C)(C)OC(=O)NCC(F)(F)Cl. The van der Waals surface area contributed by atoms with Gasteiger partial charge in [0.25, 0.3) is 0 Å². The van der Waals surface area contributed by atoms with Crippen molar-refractivity contribution in [2.45, 2.75) is 31.8 Å². The van der Waals surface area contributed by atoms with E-state index >= 15 is 0 Å². The zero-order valence-corrected chi connectivity index (χ0v) is 8.41. The standard InChI is InChI=1S/C7H12ClF2NO2/c1-6(2,3)13-5(12)11-4-7(8,9)10/h4H2,1-3H3,(H,11,12). The molecular formula is C7H12ClF2NO2. The Morgan fingerprint density at radius 1 is 1.46 bits per heavy atom. The lowest BCUT2D eigenvalue weighted by Crippen LogP contribution is -2.37. The van der Waals surface area contributed by atoms with Crippen LogP contribution in [0.15, 0.2) is 0 Å². The molecule has 3 nitrogen and oxygen atoms in total. The van der Waals surface area contributed by atoms with E-state index in [2.05, 4.69) is 11.6 Å². The van der Waals surface area contributed by atoms with E-state index in [4.69, 9.17) is 4.74 Å². The van der Waals surface area contributed by atoms with Crippen molar-refractivity contribution in [3.05, 3.63) is 0 Å². The Morgan fingerprint density at radius 2 is 1.92 bits per heavy atom. The quantitative estimate of drug-likeness (QED) is 0.718. The van der Waals surface area contributed by atoms with E-state index in [0.29, 0.717) is 0 Å². The number of ether oxygens (including phenoxy) is 1. The first-order valence-electron chi connectivity index (χ1n) is 3.64. The Bertz CT molecular complexity index is 186. The summed E-state index contributed by atoms with van der Waals surface area (Å²) in [5, 5.41) is -1.60. The number of nitrogens with one attached hydrogen (secondary N) is 1. The van der Waals surface area contributed by atoms with Crippen LogP contribution in [0.5, 0.6) is 0 Å². The highest BCUT2D eigenvalue weighted by atomic mass is 35.5. The monoisotopic (exact) mass is 215 g/mol. The maximum Gasteiger partial charge on any atom is 0.407 e. The minimum Gasteiger partial charge on any atom is -0.444 e. The van der Waals surface area contributed by atoms with Crippen LogP contribution in [-0.2, 0) is 4.74 Å². The highest BCUT2D eigenvalue weighted by molar-refractivity contribution is 6.21. The Kier molecular flexibility index (Phi) is 3.90. The van der Waals surface area contributed by atoms with Crippen molar-refractivity contribution in [2.24, 2.45) is 0 Å². The number of hydrogen-bond donors (Lipinski definition) is 1. The molecule has 0 radical (unpaired) electrons. The van der Waals surface area contributed by atoms with Gasteiger partial charge < -0.3 is 10.1 Å². The van der Waals surface area contributed by atoms with E-state index in [1.54, 1.807) is 20.8 Å². The molecule has 1 amide bonds. The summed E-state index contributed by atoms with van der Waals surface area (Å²) in [4.78, 5) is 10.8. The first kappa shape index (κ1) is 12.4. The number of halogens is 3. The first-order valence-corrected chi connectivity index (χ1v) is 4.01. The molecule has 78 valence electrons. The van der Waals surface area contributed by atoms with Crippen LogP contribution >= 0.6 is 11.6 Å². The second-order valence-corrected chi connectivity index (χ2v) is 4.02. The molecule has 0 saturated heterocycles. The molecule has 0 fully saturated rings. The van der Waals surface area contributed by atoms with Gasteiger partial charge in [-0.1, -0.05) is 0 Å². The second kappa shape index (κ2) is 4.09. The number of alkyl halides is 3. The Morgan fingerprint density at radius 3 is 2.23 bits per heavy atom. The van der Waals surface area contributed by atoms with E-state index < -0.39 is 23.6 Å². The molecule has 0 saturated carbocycles. The van der Waals surface area contributed by atoms with Crippen LogP contribution in [-0.4, -0.2) is 23.6 Å². The molecule has 0 aromatic heterocycles. The van der Waals surface area contributed by atoms with Crippen LogP contribution < -0.4 is 5.32 Å². The number of carbonyl (C=O) groups is 1. The highest BCUT2D eigenvalue weighted by Gasteiger charge is 2.26. The molecule has 0 aliphatic carbocycles. The van der Waals surface area contributed by atoms with Gasteiger partial charge in [0, 0.05) is 0 Å². The maximum absolute atomic E-state index is 12.0. The van der Waals surface area contributed by atoms with Crippen molar-refractivity contribution in [1.82, 2.24) is 5.32 Å². The van der Waals surface area contributed by atoms with Crippen LogP contribution in [0.1, 0.15) is 20.8 Å². The highest BCUT2D eigenvalue weighted by Crippen LogP contribution is 2.16. The van der Waals surface area contributed by atoms with E-state index in [0.717, 1.165) is 0 Å². The number of hydrogen-bond acceptors (Lipinski definition) is 2. The van der Waals surface area contributed by atoms with Crippen LogP contribution in [0.3, 0.4) is 0 Å². The van der Waals surface area contributed by atoms with Crippen molar-refractivity contribution in [3.63, 3.8) is 0 Å². The van der Waals surface area contributed by atoms with E-state index in [1.165, 1.54) is 0 Å². The summed E-state index contributed by atoms with van der Waals surface area (Å²) in [7, 11) is 0. The summed E-state index contributed by atoms with van der Waals surface area (Å²) >= 11 is 4.54. The summed E-state index contributed by atoms with van der Waals surface area (Å²) in [5.74, 6) is 0. The Labute approximate surface area is 80.4 Å². The molecule has 0 aromatic carbocycles. The van der Waals surface area contributed by atoms with Crippen LogP contribution in [0, 0.1) is 0 Å². The molecule has 0 aliphatic heterocycles. The van der Waals surface area contributed by atoms with Gasteiger partial charge in [0.2, 0.25) is 0 Å². The maximum atomic E-state index is 12.0. The number of rotatable bonds is 2. The first-order chi connectivity index (χ1) is 5.60. The summed E-state index contributed by atoms with van der Waals surface area (Å²) < 4.78 is 28.7. The number of amides is 1. The molecule has 1 N–H and O–H groups in total. The van der Waals surface area contributed by atoms with Gasteiger partial charge >= 0.3 is 11.5 Å². The van der Waals surface area contributed by atoms with E-state index in [1.807, 2.05) is 5.32 Å². The van der Waals surface area contributed by atoms with Gasteiger partial charge in [0.15, 0.2) is 0 Å². The fourth-order valence-electron chi connectivity index (χ4n) is 0.487. The largest absolute Gasteiger partial charge is 0.444 e. The molecule has 13 heavy (non-hydrogen) atoms. The lowest BCUT2D eigenvalue weighted by Gasteiger charge is -2.20. The zero-order valence-electron chi connectivity index (χ0n) is 7.66. The van der Waals surface area contributed by atoms with Gasteiger partial charge in [0.1, 0.15) is 5.60 Å². The predicted octanol–water partition coefficient (Wildman–Crippen LogP) is 2.34. The number of carbonyl (C=O) groups excluding carboxylic acids is 1. The normalized spacial score (nSPS) is 12.5. The smallest absolute Gasteiger partial charge is 0.407 e. The molecule has 0 rings (SSSR count). The van der Waals surface area contributed by atoms with E-state index in [-0.39, 0.29) is 0 Å². The number of alkyl carbamates (subject to hydrolysis) is 1. The average molecular weight is 216 g/mol. The average Bonchev–Trinajstić information content (AvgIpc) is 1.78. The Hall–Kier alpha value is -0.580. The fraction of sp³-hybridized carbons (Fsp3) is 0.857. The van der Waals surface area contributed by atoms with Gasteiger partial charge in [-0.05, 0) is 32.4 Å². The van der Waals surface area contributed by atoms with E-state index in [9.17, 15) is 13.6 Å². The molecule has 6 heteroatoms. The van der Waals surface area contributed by atoms with Gasteiger partial charge in [0.05, 0.1) is 6.54 Å². The minimum absolute atomic E-state index is 0.703. The summed E-state index contributed by atoms with van der Waals surface area (Å²) in [6, 6.07) is 0. The molecule has 0 aliphatic rings. The zero-order chi connectivity index (χ0) is 10.7. The molecule has 0 spiro atoms. The molecular weight excluding hydrogens is 204 g/mol. The topological polar surface area (TPSA) is 38.3 Å². The van der Waals surface area contributed by atoms with Gasteiger partial charge in [-0.15, -0.1) is 0 Å². The molecule has 0 unspecified atom stereocenters. The van der Waals surface area contributed by atoms with Crippen LogP contribution in [0.4, 0.5) is 13.6 Å². The molecule has 0 bridgehead atoms. The van der Waals surface area contributed by atoms with Gasteiger partial charge in [-0.25, -0.2) is 4.79 Å². The lowest BCUT2D eigenvalue weighted by atomic mass is 10.2. The van der Waals surface area contributed by atoms with Crippen LogP contribution in [0.2, 0.25) is 0 Å². The summed E-state index contributed by atoms with van der Waals surface area (Å²) in [6.45, 7) is 3.95. The molecule has 0 aromatic rings. The third-order valence-corrected chi connectivity index (χ3v) is 0.966. The third kappa shape index (κ3) is 9.33. The Balaban J connectivity index is 3.78. The predicted molar refractivity (Wildman–Crippen MR) is 45.0 cm³/mol. The van der Waals surface area contributed by atoms with Crippen molar-refractivity contribution in [1.29, 1.82) is 0 Å². The molecule has 0 heterocycles. The summed E-state index contributed by atoms with van der Waals surface area (Å²) in [5.41, 5.74) is -0.703. The second-order valence-electron chi connectivity index (χ2n) is 3.47. The summed E-state index contributed by atoms with van der Waals surface area (Å²) in [6.07, 6.45) is -0.909. The van der Waals surface area contributed by atoms with Gasteiger partial charge in [-0.2, -0.15) is 8.78 Å². The van der Waals surface area contributed by atoms with Crippen LogP contribution in [0.25, 0.3) is 0 Å². The van der Waals surface area contributed by atoms with Gasteiger partial charge in [-0.3, -0.25) is 0 Å². The fourth-order valence-corrected chi connectivity index (χ4v) is 0.553. The molecule has 0 atom stereocenters. The lowest BCUT2D eigenvalue weighted by molar-refractivity contribution is 0.0420. The van der Waals surface area contributed by atoms with Crippen molar-refractivity contribution < 1.29 is 18.3 Å². The van der Waals surface area contributed by atoms with Crippen molar-refractivity contribution in [3.8, 4) is 0 Å². The van der Waals surface area contributed by atoms with Crippen molar-refractivity contribution >= 4 is 17.7 Å². The van der Waals surface area contributed by atoms with Crippen molar-refractivity contribution in [2.75, 3.05) is 6.54 Å². The third-order valence-electron chi connectivity index (χ3n) is 0.832.